The first-order valence-corrected chi connectivity index (χ1v) is 8.20. The number of aryl methyl sites for hydroxylation is 5. The van der Waals surface area contributed by atoms with Crippen LogP contribution in [0.3, 0.4) is 0 Å². The lowest BCUT2D eigenvalue weighted by atomic mass is 10.1. The molecule has 2 aromatic heterocycles. The summed E-state index contributed by atoms with van der Waals surface area (Å²) in [7, 11) is 0. The first-order valence-electron chi connectivity index (χ1n) is 8.20. The van der Waals surface area contributed by atoms with Gasteiger partial charge in [0.2, 0.25) is 0 Å². The van der Waals surface area contributed by atoms with E-state index in [0.717, 1.165) is 11.4 Å². The van der Waals surface area contributed by atoms with Crippen molar-refractivity contribution in [2.45, 2.75) is 69.2 Å². The number of hydrogen-bond acceptors (Lipinski definition) is 2. The molecule has 0 N–H and O–H groups in total. The third-order valence-corrected chi connectivity index (χ3v) is 3.24. The van der Waals surface area contributed by atoms with Crippen molar-refractivity contribution in [3.8, 4) is 0 Å². The van der Waals surface area contributed by atoms with Crippen molar-refractivity contribution in [3.05, 3.63) is 58.2 Å². The quantitative estimate of drug-likeness (QED) is 0.590. The maximum absolute atomic E-state index is 4.14. The van der Waals surface area contributed by atoms with Crippen molar-refractivity contribution in [2.75, 3.05) is 0 Å². The van der Waals surface area contributed by atoms with Crippen molar-refractivity contribution in [2.24, 2.45) is 0 Å². The van der Waals surface area contributed by atoms with E-state index in [2.05, 4.69) is 43.7 Å². The second-order valence-corrected chi connectivity index (χ2v) is 4.75. The van der Waals surface area contributed by atoms with Gasteiger partial charge in [-0.25, -0.2) is 0 Å². The number of pyridine rings is 2. The predicted molar refractivity (Wildman–Crippen MR) is 99.6 cm³/mol. The lowest BCUT2D eigenvalue weighted by Gasteiger charge is -1.99. The first-order chi connectivity index (χ1) is 10.4. The Morgan fingerprint density at radius 3 is 1.59 bits per heavy atom. The Morgan fingerprint density at radius 2 is 1.23 bits per heavy atom. The zero-order chi connectivity index (χ0) is 17.7. The molecular formula is C20H34N2. The van der Waals surface area contributed by atoms with Gasteiger partial charge in [0.05, 0.1) is 0 Å². The average molecular weight is 303 g/mol. The van der Waals surface area contributed by atoms with Crippen LogP contribution in [0.5, 0.6) is 0 Å². The molecule has 2 rings (SSSR count). The smallest absolute Gasteiger partial charge is 0.0404 e. The Labute approximate surface area is 138 Å². The molecule has 0 spiro atoms. The third kappa shape index (κ3) is 8.56. The second-order valence-electron chi connectivity index (χ2n) is 4.75. The summed E-state index contributed by atoms with van der Waals surface area (Å²) < 4.78 is 0. The molecule has 0 bridgehead atoms. The van der Waals surface area contributed by atoms with Gasteiger partial charge in [0.15, 0.2) is 0 Å². The van der Waals surface area contributed by atoms with E-state index < -0.39 is 0 Å². The highest BCUT2D eigenvalue weighted by atomic mass is 14.7. The van der Waals surface area contributed by atoms with Crippen LogP contribution < -0.4 is 0 Å². The van der Waals surface area contributed by atoms with E-state index in [1.54, 1.807) is 0 Å². The molecule has 0 aliphatic heterocycles. The van der Waals surface area contributed by atoms with E-state index in [4.69, 9.17) is 0 Å². The van der Waals surface area contributed by atoms with E-state index in [9.17, 15) is 0 Å². The number of nitrogens with zero attached hydrogens (tertiary/aromatic N) is 2. The molecule has 0 unspecified atom stereocenters. The Bertz CT molecular complexity index is 511. The molecule has 0 saturated carbocycles. The molecule has 0 aromatic carbocycles. The van der Waals surface area contributed by atoms with Crippen molar-refractivity contribution in [1.82, 2.24) is 9.97 Å². The summed E-state index contributed by atoms with van der Waals surface area (Å²) in [5, 5.41) is 0. The van der Waals surface area contributed by atoms with Crippen molar-refractivity contribution in [1.29, 1.82) is 0 Å². The van der Waals surface area contributed by atoms with Crippen LogP contribution in [0, 0.1) is 41.5 Å². The highest BCUT2D eigenvalue weighted by Gasteiger charge is 1.93. The van der Waals surface area contributed by atoms with Crippen LogP contribution in [-0.4, -0.2) is 9.97 Å². The molecule has 0 saturated heterocycles. The second kappa shape index (κ2) is 13.0. The van der Waals surface area contributed by atoms with E-state index in [1.165, 1.54) is 22.3 Å². The van der Waals surface area contributed by atoms with Crippen LogP contribution in [0.1, 0.15) is 61.3 Å². The van der Waals surface area contributed by atoms with Gasteiger partial charge in [-0.15, -0.1) is 0 Å². The number of hydrogen-bond donors (Lipinski definition) is 0. The average Bonchev–Trinajstić information content (AvgIpc) is 2.53. The van der Waals surface area contributed by atoms with Gasteiger partial charge in [0.1, 0.15) is 0 Å². The maximum Gasteiger partial charge on any atom is 0.0404 e. The number of rotatable bonds is 0. The largest absolute Gasteiger partial charge is 0.261 e. The van der Waals surface area contributed by atoms with Gasteiger partial charge in [-0.1, -0.05) is 27.7 Å². The standard InChI is InChI=1S/2C8H11N.2C2H6/c1-6-4-8(3)9-5-7(6)2;1-6-4-5-9-8(3)7(6)2;2*1-2/h2*4-5H,1-3H3;2*1-2H3. The fourth-order valence-electron chi connectivity index (χ4n) is 1.53. The molecule has 22 heavy (non-hydrogen) atoms. The summed E-state index contributed by atoms with van der Waals surface area (Å²) in [5.74, 6) is 0. The Hall–Kier alpha value is -1.70. The van der Waals surface area contributed by atoms with Gasteiger partial charge >= 0.3 is 0 Å². The van der Waals surface area contributed by atoms with Crippen LogP contribution in [0.15, 0.2) is 24.5 Å². The van der Waals surface area contributed by atoms with Crippen LogP contribution >= 0.6 is 0 Å². The van der Waals surface area contributed by atoms with Crippen LogP contribution in [-0.2, 0) is 0 Å². The number of aromatic nitrogens is 2. The van der Waals surface area contributed by atoms with Gasteiger partial charge in [-0.05, 0) is 75.9 Å². The minimum absolute atomic E-state index is 1.10. The Kier molecular flexibility index (Phi) is 13.3. The molecule has 0 radical (unpaired) electrons. The van der Waals surface area contributed by atoms with Crippen molar-refractivity contribution < 1.29 is 0 Å². The monoisotopic (exact) mass is 302 g/mol. The summed E-state index contributed by atoms with van der Waals surface area (Å²) in [5.41, 5.74) is 7.44. The van der Waals surface area contributed by atoms with E-state index in [-0.39, 0.29) is 0 Å². The lowest BCUT2D eigenvalue weighted by Crippen LogP contribution is -1.87. The van der Waals surface area contributed by atoms with E-state index >= 15 is 0 Å². The van der Waals surface area contributed by atoms with Gasteiger partial charge < -0.3 is 0 Å². The summed E-state index contributed by atoms with van der Waals surface area (Å²) in [4.78, 5) is 8.28. The lowest BCUT2D eigenvalue weighted by molar-refractivity contribution is 1.12. The van der Waals surface area contributed by atoms with Crippen molar-refractivity contribution in [3.63, 3.8) is 0 Å². The highest BCUT2D eigenvalue weighted by Crippen LogP contribution is 2.07. The molecule has 124 valence electrons. The fourth-order valence-corrected chi connectivity index (χ4v) is 1.53. The molecule has 2 aromatic rings. The molecule has 0 aliphatic rings. The third-order valence-electron chi connectivity index (χ3n) is 3.24. The van der Waals surface area contributed by atoms with Gasteiger partial charge in [-0.3, -0.25) is 9.97 Å². The highest BCUT2D eigenvalue weighted by molar-refractivity contribution is 5.25. The van der Waals surface area contributed by atoms with Crippen LogP contribution in [0.4, 0.5) is 0 Å². The minimum atomic E-state index is 1.10. The van der Waals surface area contributed by atoms with E-state index in [1.807, 2.05) is 60.0 Å². The molecule has 0 fully saturated rings. The summed E-state index contributed by atoms with van der Waals surface area (Å²) in [6, 6.07) is 4.12. The maximum atomic E-state index is 4.14. The predicted octanol–water partition coefficient (Wildman–Crippen LogP) is 6.07. The molecule has 0 amide bonds. The molecular weight excluding hydrogens is 268 g/mol. The summed E-state index contributed by atoms with van der Waals surface area (Å²) in [6.45, 7) is 20.4. The van der Waals surface area contributed by atoms with Gasteiger partial charge in [0.25, 0.3) is 0 Å². The molecule has 2 heteroatoms. The molecule has 2 heterocycles. The summed E-state index contributed by atoms with van der Waals surface area (Å²) >= 11 is 0. The van der Waals surface area contributed by atoms with E-state index in [0.29, 0.717) is 0 Å². The molecule has 0 atom stereocenters. The Morgan fingerprint density at radius 1 is 0.682 bits per heavy atom. The van der Waals surface area contributed by atoms with Gasteiger partial charge in [-0.2, -0.15) is 0 Å². The fraction of sp³-hybridized carbons (Fsp3) is 0.500. The SMILES string of the molecule is CC.CC.Cc1cc(C)c(C)cn1.Cc1ccnc(C)c1C. The minimum Gasteiger partial charge on any atom is -0.261 e. The summed E-state index contributed by atoms with van der Waals surface area (Å²) in [6.07, 6.45) is 3.75. The molecule has 0 aliphatic carbocycles. The molecule has 2 nitrogen and oxygen atoms in total. The van der Waals surface area contributed by atoms with Crippen LogP contribution in [0.25, 0.3) is 0 Å². The first kappa shape index (κ1) is 22.6. The van der Waals surface area contributed by atoms with Gasteiger partial charge in [0, 0.05) is 23.8 Å². The Balaban J connectivity index is 0. The zero-order valence-corrected chi connectivity index (χ0v) is 16.2. The van der Waals surface area contributed by atoms with Crippen molar-refractivity contribution >= 4 is 0 Å². The normalized spacial score (nSPS) is 8.45. The van der Waals surface area contributed by atoms with Crippen LogP contribution in [0.2, 0.25) is 0 Å². The topological polar surface area (TPSA) is 25.8 Å². The zero-order valence-electron chi connectivity index (χ0n) is 16.2.